The van der Waals surface area contributed by atoms with Gasteiger partial charge in [-0.15, -0.1) is 0 Å². The van der Waals surface area contributed by atoms with E-state index >= 15 is 0 Å². The zero-order valence-corrected chi connectivity index (χ0v) is 11.4. The Morgan fingerprint density at radius 1 is 1.16 bits per heavy atom. The van der Waals surface area contributed by atoms with Crippen molar-refractivity contribution in [3.05, 3.63) is 0 Å². The highest BCUT2D eigenvalue weighted by molar-refractivity contribution is 5.89. The van der Waals surface area contributed by atoms with E-state index in [1.54, 1.807) is 0 Å². The lowest BCUT2D eigenvalue weighted by molar-refractivity contribution is -0.136. The number of nitrogens with zero attached hydrogens (tertiary/aromatic N) is 2. The number of piperazine rings is 1. The zero-order chi connectivity index (χ0) is 13.2. The van der Waals surface area contributed by atoms with E-state index in [0.717, 1.165) is 39.0 Å². The number of hydrogen-bond donors (Lipinski definition) is 1. The highest BCUT2D eigenvalue weighted by atomic mass is 16.2. The zero-order valence-electron chi connectivity index (χ0n) is 11.4. The molecule has 0 radical (unpaired) electrons. The predicted molar refractivity (Wildman–Crippen MR) is 71.5 cm³/mol. The van der Waals surface area contributed by atoms with Crippen molar-refractivity contribution in [2.75, 3.05) is 32.7 Å². The largest absolute Gasteiger partial charge is 0.340 e. The summed E-state index contributed by atoms with van der Waals surface area (Å²) in [6, 6.07) is 0.410. The first-order valence-electron chi connectivity index (χ1n) is 7.54. The van der Waals surface area contributed by atoms with Gasteiger partial charge < -0.3 is 15.1 Å². The molecule has 1 unspecified atom stereocenters. The minimum Gasteiger partial charge on any atom is -0.340 e. The van der Waals surface area contributed by atoms with Gasteiger partial charge in [0.15, 0.2) is 0 Å². The standard InChI is InChI=1S/C14H23N3O2/c18-13-9-11(10-17(13)12-3-1-2-4-12)14(19)16-7-5-15-6-8-16/h11-12,15H,1-10H2. The van der Waals surface area contributed by atoms with Crippen molar-refractivity contribution >= 4 is 11.8 Å². The maximum atomic E-state index is 12.4. The number of nitrogens with one attached hydrogen (secondary N) is 1. The molecule has 3 rings (SSSR count). The molecule has 1 aliphatic carbocycles. The molecule has 5 heteroatoms. The molecule has 3 fully saturated rings. The summed E-state index contributed by atoms with van der Waals surface area (Å²) in [5.74, 6) is 0.293. The monoisotopic (exact) mass is 265 g/mol. The molecule has 0 aromatic heterocycles. The van der Waals surface area contributed by atoms with Gasteiger partial charge in [-0.05, 0) is 12.8 Å². The highest BCUT2D eigenvalue weighted by Gasteiger charge is 2.40. The summed E-state index contributed by atoms with van der Waals surface area (Å²) in [6.07, 6.45) is 5.13. The molecule has 1 N–H and O–H groups in total. The van der Waals surface area contributed by atoms with Gasteiger partial charge in [-0.25, -0.2) is 0 Å². The van der Waals surface area contributed by atoms with Crippen molar-refractivity contribution in [2.24, 2.45) is 5.92 Å². The Morgan fingerprint density at radius 3 is 2.53 bits per heavy atom. The van der Waals surface area contributed by atoms with Crippen molar-refractivity contribution in [3.8, 4) is 0 Å². The minimum atomic E-state index is -0.0915. The van der Waals surface area contributed by atoms with Crippen molar-refractivity contribution in [1.82, 2.24) is 15.1 Å². The van der Waals surface area contributed by atoms with E-state index in [1.165, 1.54) is 12.8 Å². The summed E-state index contributed by atoms with van der Waals surface area (Å²) in [5.41, 5.74) is 0. The second-order valence-electron chi connectivity index (χ2n) is 5.96. The first kappa shape index (κ1) is 12.9. The van der Waals surface area contributed by atoms with Crippen LogP contribution < -0.4 is 5.32 Å². The smallest absolute Gasteiger partial charge is 0.228 e. The summed E-state index contributed by atoms with van der Waals surface area (Å²) in [6.45, 7) is 3.98. The van der Waals surface area contributed by atoms with E-state index in [2.05, 4.69) is 5.32 Å². The molecule has 106 valence electrons. The lowest BCUT2D eigenvalue weighted by Crippen LogP contribution is -2.49. The minimum absolute atomic E-state index is 0.0915. The predicted octanol–water partition coefficient (Wildman–Crippen LogP) is 0.209. The number of carbonyl (C=O) groups is 2. The number of carbonyl (C=O) groups excluding carboxylic acids is 2. The van der Waals surface area contributed by atoms with E-state index in [4.69, 9.17) is 0 Å². The first-order chi connectivity index (χ1) is 9.25. The van der Waals surface area contributed by atoms with Crippen molar-refractivity contribution in [2.45, 2.75) is 38.1 Å². The summed E-state index contributed by atoms with van der Waals surface area (Å²) in [4.78, 5) is 28.4. The molecule has 0 aromatic rings. The molecule has 0 spiro atoms. The van der Waals surface area contributed by atoms with Gasteiger partial charge in [0, 0.05) is 45.2 Å². The van der Waals surface area contributed by atoms with Gasteiger partial charge in [0.05, 0.1) is 5.92 Å². The molecule has 2 aliphatic heterocycles. The van der Waals surface area contributed by atoms with Crippen molar-refractivity contribution in [1.29, 1.82) is 0 Å². The molecule has 5 nitrogen and oxygen atoms in total. The third-order valence-electron chi connectivity index (χ3n) is 4.70. The van der Waals surface area contributed by atoms with E-state index in [-0.39, 0.29) is 17.7 Å². The van der Waals surface area contributed by atoms with Gasteiger partial charge in [0.1, 0.15) is 0 Å². The van der Waals surface area contributed by atoms with E-state index in [0.29, 0.717) is 19.0 Å². The summed E-state index contributed by atoms with van der Waals surface area (Å²) in [5, 5.41) is 3.25. The Morgan fingerprint density at radius 2 is 1.84 bits per heavy atom. The maximum Gasteiger partial charge on any atom is 0.228 e. The molecule has 2 heterocycles. The fourth-order valence-corrected chi connectivity index (χ4v) is 3.61. The average molecular weight is 265 g/mol. The molecule has 2 saturated heterocycles. The van der Waals surface area contributed by atoms with Crippen molar-refractivity contribution in [3.63, 3.8) is 0 Å². The van der Waals surface area contributed by atoms with Gasteiger partial charge in [0.2, 0.25) is 11.8 Å². The van der Waals surface area contributed by atoms with Crippen molar-refractivity contribution < 1.29 is 9.59 Å². The molecule has 0 bridgehead atoms. The number of rotatable bonds is 2. The number of amides is 2. The average Bonchev–Trinajstić information content (AvgIpc) is 3.08. The lowest BCUT2D eigenvalue weighted by atomic mass is 10.1. The Labute approximate surface area is 114 Å². The number of likely N-dealkylation sites (tertiary alicyclic amines) is 1. The van der Waals surface area contributed by atoms with Crippen LogP contribution in [-0.2, 0) is 9.59 Å². The van der Waals surface area contributed by atoms with Gasteiger partial charge in [-0.3, -0.25) is 9.59 Å². The van der Waals surface area contributed by atoms with Crippen LogP contribution in [0.5, 0.6) is 0 Å². The lowest BCUT2D eigenvalue weighted by Gasteiger charge is -2.30. The van der Waals surface area contributed by atoms with E-state index < -0.39 is 0 Å². The highest BCUT2D eigenvalue weighted by Crippen LogP contribution is 2.30. The molecule has 1 saturated carbocycles. The molecule has 2 amide bonds. The summed E-state index contributed by atoms with van der Waals surface area (Å²) in [7, 11) is 0. The van der Waals surface area contributed by atoms with Crippen LogP contribution in [0.4, 0.5) is 0 Å². The molecule has 3 aliphatic rings. The van der Waals surface area contributed by atoms with Gasteiger partial charge in [-0.2, -0.15) is 0 Å². The van der Waals surface area contributed by atoms with Crippen LogP contribution in [0.25, 0.3) is 0 Å². The Hall–Kier alpha value is -1.10. The molecular formula is C14H23N3O2. The van der Waals surface area contributed by atoms with E-state index in [1.807, 2.05) is 9.80 Å². The van der Waals surface area contributed by atoms with Gasteiger partial charge in [-0.1, -0.05) is 12.8 Å². The third-order valence-corrected chi connectivity index (χ3v) is 4.70. The Kier molecular flexibility index (Phi) is 3.73. The van der Waals surface area contributed by atoms with Crippen LogP contribution in [0.3, 0.4) is 0 Å². The summed E-state index contributed by atoms with van der Waals surface area (Å²) < 4.78 is 0. The topological polar surface area (TPSA) is 52.7 Å². The summed E-state index contributed by atoms with van der Waals surface area (Å²) >= 11 is 0. The Bertz CT molecular complexity index is 360. The van der Waals surface area contributed by atoms with Crippen LogP contribution in [0, 0.1) is 5.92 Å². The normalized spacial score (nSPS) is 29.3. The van der Waals surface area contributed by atoms with Crippen LogP contribution in [0.15, 0.2) is 0 Å². The molecule has 19 heavy (non-hydrogen) atoms. The van der Waals surface area contributed by atoms with Crippen LogP contribution in [-0.4, -0.2) is 60.4 Å². The van der Waals surface area contributed by atoms with Crippen LogP contribution in [0.2, 0.25) is 0 Å². The second-order valence-corrected chi connectivity index (χ2v) is 5.96. The quantitative estimate of drug-likeness (QED) is 0.776. The van der Waals surface area contributed by atoms with Gasteiger partial charge >= 0.3 is 0 Å². The molecular weight excluding hydrogens is 242 g/mol. The fraction of sp³-hybridized carbons (Fsp3) is 0.857. The second kappa shape index (κ2) is 5.49. The number of hydrogen-bond acceptors (Lipinski definition) is 3. The van der Waals surface area contributed by atoms with Crippen LogP contribution in [0.1, 0.15) is 32.1 Å². The molecule has 0 aromatic carbocycles. The maximum absolute atomic E-state index is 12.4. The molecule has 1 atom stereocenters. The SMILES string of the molecule is O=C(C1CC(=O)N(C2CCCC2)C1)N1CCNCC1. The fourth-order valence-electron chi connectivity index (χ4n) is 3.61. The van der Waals surface area contributed by atoms with Crippen LogP contribution >= 0.6 is 0 Å². The first-order valence-corrected chi connectivity index (χ1v) is 7.54. The Balaban J connectivity index is 1.60. The third kappa shape index (κ3) is 2.61. The van der Waals surface area contributed by atoms with E-state index in [9.17, 15) is 9.59 Å². The van der Waals surface area contributed by atoms with Gasteiger partial charge in [0.25, 0.3) is 0 Å².